The molecule has 3 aromatic rings. The second-order valence-electron chi connectivity index (χ2n) is 5.89. The van der Waals surface area contributed by atoms with Crippen molar-refractivity contribution in [1.82, 2.24) is 4.98 Å². The Bertz CT molecular complexity index is 764. The summed E-state index contributed by atoms with van der Waals surface area (Å²) >= 11 is 0. The van der Waals surface area contributed by atoms with Crippen LogP contribution in [0.15, 0.2) is 60.7 Å². The number of nitrogens with zero attached hydrogens (tertiary/aromatic N) is 1. The van der Waals surface area contributed by atoms with E-state index in [1.807, 2.05) is 31.2 Å². The molecule has 0 aliphatic carbocycles. The van der Waals surface area contributed by atoms with Gasteiger partial charge in [0, 0.05) is 22.8 Å². The lowest BCUT2D eigenvalue weighted by Crippen LogP contribution is -2.21. The molecule has 1 aliphatic rings. The second-order valence-corrected chi connectivity index (χ2v) is 5.89. The molecule has 120 valence electrons. The van der Waals surface area contributed by atoms with E-state index in [4.69, 9.17) is 0 Å². The minimum atomic E-state index is 0. The first kappa shape index (κ1) is 17.0. The van der Waals surface area contributed by atoms with Crippen molar-refractivity contribution in [2.45, 2.75) is 40.2 Å². The number of para-hydroxylation sites is 2. The van der Waals surface area contributed by atoms with Gasteiger partial charge in [-0.05, 0) is 50.5 Å². The molecule has 23 heavy (non-hydrogen) atoms. The fourth-order valence-electron chi connectivity index (χ4n) is 2.76. The van der Waals surface area contributed by atoms with Crippen LogP contribution in [-0.4, -0.2) is 11.0 Å². The first-order valence-electron chi connectivity index (χ1n) is 7.89. The third kappa shape index (κ3) is 4.32. The van der Waals surface area contributed by atoms with Crippen LogP contribution in [0.4, 0.5) is 5.69 Å². The van der Waals surface area contributed by atoms with E-state index in [9.17, 15) is 0 Å². The van der Waals surface area contributed by atoms with Gasteiger partial charge in [-0.1, -0.05) is 49.9 Å². The molecule has 2 heteroatoms. The Hall–Kier alpha value is -2.35. The third-order valence-electron chi connectivity index (χ3n) is 4.00. The highest BCUT2D eigenvalue weighted by molar-refractivity contribution is 5.78. The molecule has 0 bridgehead atoms. The molecule has 0 radical (unpaired) electrons. The summed E-state index contributed by atoms with van der Waals surface area (Å²) in [5.74, 6) is 0. The topological polar surface area (TPSA) is 24.9 Å². The lowest BCUT2D eigenvalue weighted by atomic mass is 9.99. The summed E-state index contributed by atoms with van der Waals surface area (Å²) < 4.78 is 0. The number of aromatic nitrogens is 1. The number of nitrogens with one attached hydrogen (secondary N) is 1. The van der Waals surface area contributed by atoms with E-state index in [1.165, 1.54) is 29.5 Å². The standard InChI is InChI=1S/C10H13N.C10H9N.CH4/c2*1-8-6-7-9-4-2-3-5-10(9)11-8;/h2-5,8,11H,6-7H2,1H3;2-7H,1H3;1H4. The van der Waals surface area contributed by atoms with Gasteiger partial charge in [0.2, 0.25) is 0 Å². The van der Waals surface area contributed by atoms with Crippen LogP contribution in [0.3, 0.4) is 0 Å². The molecular weight excluding hydrogens is 280 g/mol. The SMILES string of the molecule is C.CC1CCc2ccccc2N1.Cc1ccc2ccccc2n1. The minimum absolute atomic E-state index is 0. The van der Waals surface area contributed by atoms with Crippen molar-refractivity contribution in [2.75, 3.05) is 5.32 Å². The predicted molar refractivity (Wildman–Crippen MR) is 101 cm³/mol. The van der Waals surface area contributed by atoms with Crippen molar-refractivity contribution in [3.05, 3.63) is 71.9 Å². The maximum atomic E-state index is 4.38. The van der Waals surface area contributed by atoms with Crippen molar-refractivity contribution >= 4 is 16.6 Å². The van der Waals surface area contributed by atoms with E-state index in [0.29, 0.717) is 6.04 Å². The second kappa shape index (κ2) is 7.77. The Balaban J connectivity index is 0.000000160. The summed E-state index contributed by atoms with van der Waals surface area (Å²) in [6.45, 7) is 4.24. The molecule has 0 spiro atoms. The summed E-state index contributed by atoms with van der Waals surface area (Å²) in [7, 11) is 0. The molecule has 1 aliphatic heterocycles. The average molecular weight is 306 g/mol. The van der Waals surface area contributed by atoms with Crippen LogP contribution in [-0.2, 0) is 6.42 Å². The lowest BCUT2D eigenvalue weighted by Gasteiger charge is -2.23. The summed E-state index contributed by atoms with van der Waals surface area (Å²) in [6, 6.07) is 21.5. The van der Waals surface area contributed by atoms with Crippen LogP contribution < -0.4 is 5.32 Å². The Morgan fingerprint density at radius 2 is 1.70 bits per heavy atom. The quantitative estimate of drug-likeness (QED) is 0.583. The van der Waals surface area contributed by atoms with Gasteiger partial charge < -0.3 is 5.32 Å². The number of rotatable bonds is 0. The lowest BCUT2D eigenvalue weighted by molar-refractivity contribution is 0.681. The van der Waals surface area contributed by atoms with Gasteiger partial charge in [0.1, 0.15) is 0 Å². The van der Waals surface area contributed by atoms with Gasteiger partial charge in [0.05, 0.1) is 5.52 Å². The van der Waals surface area contributed by atoms with Gasteiger partial charge in [-0.2, -0.15) is 0 Å². The van der Waals surface area contributed by atoms with Crippen LogP contribution in [0.1, 0.15) is 32.0 Å². The number of fused-ring (bicyclic) bond motifs is 2. The van der Waals surface area contributed by atoms with Crippen LogP contribution in [0.25, 0.3) is 10.9 Å². The van der Waals surface area contributed by atoms with Crippen molar-refractivity contribution in [3.8, 4) is 0 Å². The average Bonchev–Trinajstić information content (AvgIpc) is 2.55. The van der Waals surface area contributed by atoms with E-state index in [-0.39, 0.29) is 7.43 Å². The van der Waals surface area contributed by atoms with E-state index in [2.05, 4.69) is 53.6 Å². The van der Waals surface area contributed by atoms with Gasteiger partial charge in [0.15, 0.2) is 0 Å². The van der Waals surface area contributed by atoms with Crippen molar-refractivity contribution in [1.29, 1.82) is 0 Å². The minimum Gasteiger partial charge on any atom is -0.382 e. The maximum Gasteiger partial charge on any atom is 0.0705 e. The molecule has 2 heterocycles. The molecule has 1 atom stereocenters. The van der Waals surface area contributed by atoms with Crippen LogP contribution >= 0.6 is 0 Å². The Kier molecular flexibility index (Phi) is 5.75. The third-order valence-corrected chi connectivity index (χ3v) is 4.00. The number of hydrogen-bond acceptors (Lipinski definition) is 2. The molecule has 0 saturated carbocycles. The van der Waals surface area contributed by atoms with Crippen molar-refractivity contribution in [2.24, 2.45) is 0 Å². The van der Waals surface area contributed by atoms with E-state index >= 15 is 0 Å². The summed E-state index contributed by atoms with van der Waals surface area (Å²) in [5.41, 5.74) is 4.94. The highest BCUT2D eigenvalue weighted by Gasteiger charge is 2.11. The smallest absolute Gasteiger partial charge is 0.0705 e. The number of anilines is 1. The molecule has 1 aromatic heterocycles. The zero-order valence-corrected chi connectivity index (χ0v) is 13.2. The Labute approximate surface area is 139 Å². The number of benzene rings is 2. The van der Waals surface area contributed by atoms with E-state index < -0.39 is 0 Å². The molecule has 0 fully saturated rings. The van der Waals surface area contributed by atoms with Crippen molar-refractivity contribution in [3.63, 3.8) is 0 Å². The zero-order chi connectivity index (χ0) is 15.4. The first-order valence-corrected chi connectivity index (χ1v) is 7.89. The van der Waals surface area contributed by atoms with E-state index in [0.717, 1.165) is 11.2 Å². The predicted octanol–water partition coefficient (Wildman–Crippen LogP) is 5.61. The fourth-order valence-corrected chi connectivity index (χ4v) is 2.76. The molecule has 4 rings (SSSR count). The molecule has 1 N–H and O–H groups in total. The van der Waals surface area contributed by atoms with Gasteiger partial charge >= 0.3 is 0 Å². The fraction of sp³-hybridized carbons (Fsp3) is 0.286. The molecular formula is C21H26N2. The van der Waals surface area contributed by atoms with Gasteiger partial charge in [0.25, 0.3) is 0 Å². The van der Waals surface area contributed by atoms with Gasteiger partial charge in [-0.3, -0.25) is 4.98 Å². The normalized spacial score (nSPS) is 15.5. The summed E-state index contributed by atoms with van der Waals surface area (Å²) in [5, 5.41) is 4.67. The summed E-state index contributed by atoms with van der Waals surface area (Å²) in [6.07, 6.45) is 2.49. The van der Waals surface area contributed by atoms with Crippen molar-refractivity contribution < 1.29 is 0 Å². The number of pyridine rings is 1. The number of aryl methyl sites for hydroxylation is 2. The van der Waals surface area contributed by atoms with Crippen LogP contribution in [0, 0.1) is 6.92 Å². The number of hydrogen-bond donors (Lipinski definition) is 1. The Morgan fingerprint density at radius 1 is 0.957 bits per heavy atom. The molecule has 1 unspecified atom stereocenters. The van der Waals surface area contributed by atoms with E-state index in [1.54, 1.807) is 0 Å². The molecule has 0 saturated heterocycles. The molecule has 0 amide bonds. The van der Waals surface area contributed by atoms with Crippen LogP contribution in [0.5, 0.6) is 0 Å². The van der Waals surface area contributed by atoms with Gasteiger partial charge in [-0.15, -0.1) is 0 Å². The molecule has 2 aromatic carbocycles. The monoisotopic (exact) mass is 306 g/mol. The first-order chi connectivity index (χ1) is 10.7. The zero-order valence-electron chi connectivity index (χ0n) is 13.2. The van der Waals surface area contributed by atoms with Gasteiger partial charge in [-0.25, -0.2) is 0 Å². The van der Waals surface area contributed by atoms with Crippen LogP contribution in [0.2, 0.25) is 0 Å². The largest absolute Gasteiger partial charge is 0.382 e. The summed E-state index contributed by atoms with van der Waals surface area (Å²) in [4.78, 5) is 4.38. The highest BCUT2D eigenvalue weighted by Crippen LogP contribution is 2.23. The maximum absolute atomic E-state index is 4.38. The highest BCUT2D eigenvalue weighted by atomic mass is 14.9. The Morgan fingerprint density at radius 3 is 2.57 bits per heavy atom. The molecule has 2 nitrogen and oxygen atoms in total.